The number of ketones is 1. The number of nitrogens with one attached hydrogen (secondary N) is 1. The van der Waals surface area contributed by atoms with Gasteiger partial charge in [0.1, 0.15) is 10.3 Å². The molecule has 122 valence electrons. The highest BCUT2D eigenvalue weighted by Gasteiger charge is 2.25. The van der Waals surface area contributed by atoms with Gasteiger partial charge in [0.2, 0.25) is 0 Å². The van der Waals surface area contributed by atoms with Crippen LogP contribution in [-0.4, -0.2) is 20.2 Å². The zero-order chi connectivity index (χ0) is 16.7. The Labute approximate surface area is 148 Å². The minimum absolute atomic E-state index is 0.0608. The van der Waals surface area contributed by atoms with Gasteiger partial charge in [-0.25, -0.2) is 9.97 Å². The molecule has 3 aromatic heterocycles. The lowest BCUT2D eigenvalue weighted by Gasteiger charge is -2.04. The van der Waals surface area contributed by atoms with Crippen LogP contribution in [-0.2, 0) is 6.54 Å². The van der Waals surface area contributed by atoms with Gasteiger partial charge in [-0.3, -0.25) is 4.79 Å². The zero-order valence-electron chi connectivity index (χ0n) is 13.3. The standard InChI is InChI=1S/C18H17BrN4O/c1-11(24)16-6-13(12-2-3-12)9-23-10-15(22-18(16)23)8-21-14-4-5-20-17(19)7-14/h4-7,9-10,12H,2-3,8H2,1H3,(H,20,21). The Morgan fingerprint density at radius 1 is 1.38 bits per heavy atom. The number of carbonyl (C=O) groups excluding carboxylic acids is 1. The minimum Gasteiger partial charge on any atom is -0.379 e. The Morgan fingerprint density at radius 3 is 2.92 bits per heavy atom. The minimum atomic E-state index is 0.0608. The highest BCUT2D eigenvalue weighted by Crippen LogP contribution is 2.40. The van der Waals surface area contributed by atoms with Crippen LogP contribution in [0.3, 0.4) is 0 Å². The smallest absolute Gasteiger partial charge is 0.163 e. The number of fused-ring (bicyclic) bond motifs is 1. The first-order valence-corrected chi connectivity index (χ1v) is 8.77. The van der Waals surface area contributed by atoms with Gasteiger partial charge in [0.25, 0.3) is 0 Å². The van der Waals surface area contributed by atoms with E-state index in [-0.39, 0.29) is 5.78 Å². The van der Waals surface area contributed by atoms with E-state index in [2.05, 4.69) is 37.4 Å². The van der Waals surface area contributed by atoms with E-state index in [0.29, 0.717) is 18.0 Å². The zero-order valence-corrected chi connectivity index (χ0v) is 14.9. The molecule has 1 aliphatic carbocycles. The molecule has 0 spiro atoms. The molecule has 0 aromatic carbocycles. The van der Waals surface area contributed by atoms with Crippen LogP contribution < -0.4 is 5.32 Å². The van der Waals surface area contributed by atoms with Crippen LogP contribution in [0.4, 0.5) is 5.69 Å². The maximum atomic E-state index is 12.0. The molecule has 5 nitrogen and oxygen atoms in total. The van der Waals surface area contributed by atoms with Crippen molar-refractivity contribution in [2.45, 2.75) is 32.2 Å². The predicted molar refractivity (Wildman–Crippen MR) is 96.4 cm³/mol. The van der Waals surface area contributed by atoms with Gasteiger partial charge in [0.15, 0.2) is 5.78 Å². The third-order valence-corrected chi connectivity index (χ3v) is 4.68. The van der Waals surface area contributed by atoms with Crippen molar-refractivity contribution in [3.05, 3.63) is 58.2 Å². The average Bonchev–Trinajstić information content (AvgIpc) is 3.32. The fraction of sp³-hybridized carbons (Fsp3) is 0.278. The predicted octanol–water partition coefficient (Wildman–Crippen LogP) is 4.18. The summed E-state index contributed by atoms with van der Waals surface area (Å²) < 4.78 is 2.78. The van der Waals surface area contributed by atoms with Crippen LogP contribution in [0, 0.1) is 0 Å². The SMILES string of the molecule is CC(=O)c1cc(C2CC2)cn2cc(CNc3ccnc(Br)c3)nc12. The summed E-state index contributed by atoms with van der Waals surface area (Å²) >= 11 is 3.36. The molecule has 0 bridgehead atoms. The molecule has 3 aromatic rings. The number of halogens is 1. The van der Waals surface area contributed by atoms with Gasteiger partial charge < -0.3 is 9.72 Å². The molecule has 1 saturated carbocycles. The van der Waals surface area contributed by atoms with E-state index >= 15 is 0 Å². The van der Waals surface area contributed by atoms with E-state index < -0.39 is 0 Å². The fourth-order valence-corrected chi connectivity index (χ4v) is 3.23. The molecule has 4 rings (SSSR count). The van der Waals surface area contributed by atoms with E-state index in [1.54, 1.807) is 13.1 Å². The molecule has 3 heterocycles. The van der Waals surface area contributed by atoms with Crippen molar-refractivity contribution in [1.29, 1.82) is 0 Å². The second-order valence-corrected chi connectivity index (χ2v) is 7.01. The van der Waals surface area contributed by atoms with Gasteiger partial charge in [0, 0.05) is 24.3 Å². The van der Waals surface area contributed by atoms with Crippen molar-refractivity contribution < 1.29 is 4.79 Å². The Balaban J connectivity index is 1.64. The summed E-state index contributed by atoms with van der Waals surface area (Å²) in [7, 11) is 0. The van der Waals surface area contributed by atoms with Gasteiger partial charge >= 0.3 is 0 Å². The summed E-state index contributed by atoms with van der Waals surface area (Å²) in [4.78, 5) is 20.8. The molecular formula is C18H17BrN4O. The van der Waals surface area contributed by atoms with Gasteiger partial charge in [-0.1, -0.05) is 0 Å². The summed E-state index contributed by atoms with van der Waals surface area (Å²) in [6, 6.07) is 5.84. The lowest BCUT2D eigenvalue weighted by molar-refractivity contribution is 0.101. The monoisotopic (exact) mass is 384 g/mol. The Morgan fingerprint density at radius 2 is 2.21 bits per heavy atom. The quantitative estimate of drug-likeness (QED) is 0.529. The van der Waals surface area contributed by atoms with Gasteiger partial charge in [-0.05, 0) is 65.4 Å². The first-order valence-electron chi connectivity index (χ1n) is 7.98. The van der Waals surface area contributed by atoms with Crippen LogP contribution >= 0.6 is 15.9 Å². The van der Waals surface area contributed by atoms with E-state index in [0.717, 1.165) is 21.6 Å². The number of carbonyl (C=O) groups is 1. The van der Waals surface area contributed by atoms with Crippen molar-refractivity contribution in [3.8, 4) is 0 Å². The summed E-state index contributed by atoms with van der Waals surface area (Å²) in [5.41, 5.74) is 4.55. The second kappa shape index (κ2) is 6.02. The maximum Gasteiger partial charge on any atom is 0.163 e. The first-order chi connectivity index (χ1) is 11.6. The number of hydrogen-bond donors (Lipinski definition) is 1. The molecule has 24 heavy (non-hydrogen) atoms. The van der Waals surface area contributed by atoms with Crippen molar-refractivity contribution >= 4 is 33.0 Å². The van der Waals surface area contributed by atoms with Crippen molar-refractivity contribution in [1.82, 2.24) is 14.4 Å². The Bertz CT molecular complexity index is 930. The topological polar surface area (TPSA) is 59.3 Å². The summed E-state index contributed by atoms with van der Waals surface area (Å²) in [6.07, 6.45) is 8.27. The van der Waals surface area contributed by atoms with Crippen LogP contribution in [0.15, 0.2) is 41.4 Å². The van der Waals surface area contributed by atoms with Crippen molar-refractivity contribution in [2.24, 2.45) is 0 Å². The third kappa shape index (κ3) is 3.06. The van der Waals surface area contributed by atoms with Gasteiger partial charge in [0.05, 0.1) is 17.8 Å². The number of aromatic nitrogens is 3. The van der Waals surface area contributed by atoms with Gasteiger partial charge in [-0.15, -0.1) is 0 Å². The molecular weight excluding hydrogens is 368 g/mol. The number of Topliss-reactive ketones (excluding diaryl/α,β-unsaturated/α-hetero) is 1. The molecule has 1 aliphatic rings. The third-order valence-electron chi connectivity index (χ3n) is 4.25. The molecule has 1 N–H and O–H groups in total. The number of imidazole rings is 1. The highest BCUT2D eigenvalue weighted by atomic mass is 79.9. The lowest BCUT2D eigenvalue weighted by atomic mass is 10.1. The normalized spacial score (nSPS) is 14.1. The number of nitrogens with zero attached hydrogens (tertiary/aromatic N) is 3. The molecule has 0 radical (unpaired) electrons. The number of hydrogen-bond acceptors (Lipinski definition) is 4. The number of rotatable bonds is 5. The van der Waals surface area contributed by atoms with E-state index in [1.807, 2.05) is 28.8 Å². The largest absolute Gasteiger partial charge is 0.379 e. The molecule has 1 fully saturated rings. The van der Waals surface area contributed by atoms with Gasteiger partial charge in [-0.2, -0.15) is 0 Å². The van der Waals surface area contributed by atoms with Crippen LogP contribution in [0.2, 0.25) is 0 Å². The molecule has 0 atom stereocenters. The Hall–Kier alpha value is -2.21. The number of pyridine rings is 2. The second-order valence-electron chi connectivity index (χ2n) is 6.20. The average molecular weight is 385 g/mol. The Kier molecular flexibility index (Phi) is 3.84. The van der Waals surface area contributed by atoms with Crippen LogP contribution in [0.5, 0.6) is 0 Å². The lowest BCUT2D eigenvalue weighted by Crippen LogP contribution is -2.00. The molecule has 0 saturated heterocycles. The summed E-state index contributed by atoms with van der Waals surface area (Å²) in [5, 5.41) is 3.33. The van der Waals surface area contributed by atoms with E-state index in [1.165, 1.54) is 18.4 Å². The summed E-state index contributed by atoms with van der Waals surface area (Å²) in [5.74, 6) is 0.663. The van der Waals surface area contributed by atoms with Crippen LogP contribution in [0.25, 0.3) is 5.65 Å². The fourth-order valence-electron chi connectivity index (χ4n) is 2.86. The highest BCUT2D eigenvalue weighted by molar-refractivity contribution is 9.10. The van der Waals surface area contributed by atoms with Crippen LogP contribution in [0.1, 0.15) is 47.3 Å². The van der Waals surface area contributed by atoms with E-state index in [4.69, 9.17) is 0 Å². The molecule has 6 heteroatoms. The van der Waals surface area contributed by atoms with E-state index in [9.17, 15) is 4.79 Å². The summed E-state index contributed by atoms with van der Waals surface area (Å²) in [6.45, 7) is 2.20. The van der Waals surface area contributed by atoms with Crippen molar-refractivity contribution in [3.63, 3.8) is 0 Å². The van der Waals surface area contributed by atoms with Crippen molar-refractivity contribution in [2.75, 3.05) is 5.32 Å². The number of anilines is 1. The molecule has 0 unspecified atom stereocenters. The molecule has 0 amide bonds. The first kappa shape index (κ1) is 15.3. The maximum absolute atomic E-state index is 12.0. The molecule has 0 aliphatic heterocycles.